The van der Waals surface area contributed by atoms with E-state index in [0.717, 1.165) is 18.4 Å². The van der Waals surface area contributed by atoms with Crippen LogP contribution < -0.4 is 4.74 Å². The van der Waals surface area contributed by atoms with Crippen LogP contribution >= 0.6 is 0 Å². The lowest BCUT2D eigenvalue weighted by atomic mass is 10.1. The second-order valence-electron chi connectivity index (χ2n) is 5.49. The van der Waals surface area contributed by atoms with Crippen molar-refractivity contribution in [3.63, 3.8) is 0 Å². The highest BCUT2D eigenvalue weighted by Gasteiger charge is 2.31. The van der Waals surface area contributed by atoms with Gasteiger partial charge in [0, 0.05) is 19.5 Å². The number of alkyl halides is 3. The SMILES string of the molecule is CS(=O)(=O)N1CC[C@H](Oc2ccc(C(F)(F)F)cc2)[C@@H](O)CC1. The van der Waals surface area contributed by atoms with E-state index in [4.69, 9.17) is 4.74 Å². The minimum atomic E-state index is -4.42. The Morgan fingerprint density at radius 2 is 1.74 bits per heavy atom. The topological polar surface area (TPSA) is 66.8 Å². The van der Waals surface area contributed by atoms with Crippen LogP contribution in [0.3, 0.4) is 0 Å². The molecule has 1 aromatic rings. The van der Waals surface area contributed by atoms with Gasteiger partial charge in [0.1, 0.15) is 11.9 Å². The number of ether oxygens (including phenoxy) is 1. The number of aliphatic hydroxyl groups is 1. The summed E-state index contributed by atoms with van der Waals surface area (Å²) in [6.07, 6.45) is -4.41. The summed E-state index contributed by atoms with van der Waals surface area (Å²) in [5.41, 5.74) is -0.783. The first kappa shape index (κ1) is 18.0. The maximum absolute atomic E-state index is 12.5. The van der Waals surface area contributed by atoms with Crippen molar-refractivity contribution in [1.29, 1.82) is 0 Å². The molecule has 1 heterocycles. The van der Waals surface area contributed by atoms with Gasteiger partial charge in [0.15, 0.2) is 0 Å². The van der Waals surface area contributed by atoms with Crippen LogP contribution in [0.5, 0.6) is 5.75 Å². The standard InChI is InChI=1S/C14H18F3NO4S/c1-23(20,21)18-8-6-12(19)13(7-9-18)22-11-4-2-10(3-5-11)14(15,16)17/h2-5,12-13,19H,6-9H2,1H3/t12-,13-/m0/s1. The zero-order chi connectivity index (χ0) is 17.3. The molecule has 0 amide bonds. The number of sulfonamides is 1. The fraction of sp³-hybridized carbons (Fsp3) is 0.571. The van der Waals surface area contributed by atoms with Crippen molar-refractivity contribution >= 4 is 10.0 Å². The van der Waals surface area contributed by atoms with Gasteiger partial charge in [-0.3, -0.25) is 0 Å². The third-order valence-electron chi connectivity index (χ3n) is 3.70. The van der Waals surface area contributed by atoms with Crippen molar-refractivity contribution < 1.29 is 31.4 Å². The second-order valence-corrected chi connectivity index (χ2v) is 7.47. The Labute approximate surface area is 132 Å². The summed E-state index contributed by atoms with van der Waals surface area (Å²) < 4.78 is 67.4. The molecule has 0 bridgehead atoms. The van der Waals surface area contributed by atoms with Gasteiger partial charge in [0.05, 0.1) is 17.9 Å². The molecule has 0 spiro atoms. The van der Waals surface area contributed by atoms with Gasteiger partial charge < -0.3 is 9.84 Å². The van der Waals surface area contributed by atoms with E-state index in [1.807, 2.05) is 0 Å². The molecule has 1 N–H and O–H groups in total. The van der Waals surface area contributed by atoms with E-state index in [1.54, 1.807) is 0 Å². The fourth-order valence-electron chi connectivity index (χ4n) is 2.40. The van der Waals surface area contributed by atoms with E-state index in [2.05, 4.69) is 0 Å². The first-order chi connectivity index (χ1) is 10.6. The normalized spacial score (nSPS) is 24.2. The Morgan fingerprint density at radius 3 is 2.26 bits per heavy atom. The summed E-state index contributed by atoms with van der Waals surface area (Å²) in [4.78, 5) is 0. The van der Waals surface area contributed by atoms with Crippen LogP contribution in [0.4, 0.5) is 13.2 Å². The maximum atomic E-state index is 12.5. The van der Waals surface area contributed by atoms with Gasteiger partial charge in [0.25, 0.3) is 0 Å². The Morgan fingerprint density at radius 1 is 1.17 bits per heavy atom. The minimum absolute atomic E-state index is 0.187. The second kappa shape index (κ2) is 6.66. The highest BCUT2D eigenvalue weighted by Crippen LogP contribution is 2.31. The van der Waals surface area contributed by atoms with Gasteiger partial charge in [-0.2, -0.15) is 13.2 Å². The van der Waals surface area contributed by atoms with E-state index in [-0.39, 0.29) is 31.7 Å². The van der Waals surface area contributed by atoms with Gasteiger partial charge in [-0.15, -0.1) is 0 Å². The zero-order valence-corrected chi connectivity index (χ0v) is 13.3. The molecule has 1 aliphatic rings. The van der Waals surface area contributed by atoms with Gasteiger partial charge in [-0.05, 0) is 30.7 Å². The number of hydrogen-bond acceptors (Lipinski definition) is 4. The van der Waals surface area contributed by atoms with Crippen LogP contribution in [-0.2, 0) is 16.2 Å². The molecule has 0 aromatic heterocycles. The predicted octanol–water partition coefficient (Wildman–Crippen LogP) is 1.87. The molecule has 1 aliphatic heterocycles. The minimum Gasteiger partial charge on any atom is -0.488 e. The molecule has 0 radical (unpaired) electrons. The lowest BCUT2D eigenvalue weighted by molar-refractivity contribution is -0.137. The Kier molecular flexibility index (Phi) is 5.22. The monoisotopic (exact) mass is 353 g/mol. The molecule has 1 fully saturated rings. The number of aliphatic hydroxyl groups excluding tert-OH is 1. The van der Waals surface area contributed by atoms with Gasteiger partial charge >= 0.3 is 6.18 Å². The number of benzene rings is 1. The van der Waals surface area contributed by atoms with E-state index >= 15 is 0 Å². The maximum Gasteiger partial charge on any atom is 0.416 e. The van der Waals surface area contributed by atoms with Crippen LogP contribution in [0.2, 0.25) is 0 Å². The van der Waals surface area contributed by atoms with E-state index in [1.165, 1.54) is 16.4 Å². The highest BCUT2D eigenvalue weighted by atomic mass is 32.2. The number of hydrogen-bond donors (Lipinski definition) is 1. The number of nitrogens with zero attached hydrogens (tertiary/aromatic N) is 1. The van der Waals surface area contributed by atoms with Crippen molar-refractivity contribution in [3.05, 3.63) is 29.8 Å². The van der Waals surface area contributed by atoms with Crippen LogP contribution in [0.25, 0.3) is 0 Å². The summed E-state index contributed by atoms with van der Waals surface area (Å²) in [6, 6.07) is 4.19. The molecule has 0 unspecified atom stereocenters. The Balaban J connectivity index is 2.04. The molecule has 23 heavy (non-hydrogen) atoms. The smallest absolute Gasteiger partial charge is 0.416 e. The quantitative estimate of drug-likeness (QED) is 0.901. The van der Waals surface area contributed by atoms with Crippen molar-refractivity contribution in [1.82, 2.24) is 4.31 Å². The molecule has 1 saturated heterocycles. The Hall–Kier alpha value is -1.32. The highest BCUT2D eigenvalue weighted by molar-refractivity contribution is 7.88. The molecule has 130 valence electrons. The van der Waals surface area contributed by atoms with Gasteiger partial charge in [-0.25, -0.2) is 12.7 Å². The summed E-state index contributed by atoms with van der Waals surface area (Å²) in [5, 5.41) is 10.1. The zero-order valence-electron chi connectivity index (χ0n) is 12.5. The first-order valence-electron chi connectivity index (χ1n) is 7.04. The molecular weight excluding hydrogens is 335 g/mol. The molecule has 0 aliphatic carbocycles. The van der Waals surface area contributed by atoms with Crippen molar-refractivity contribution in [2.45, 2.75) is 31.2 Å². The van der Waals surface area contributed by atoms with Crippen molar-refractivity contribution in [3.8, 4) is 5.75 Å². The number of halogens is 3. The molecule has 2 rings (SSSR count). The number of rotatable bonds is 3. The van der Waals surface area contributed by atoms with Crippen molar-refractivity contribution in [2.24, 2.45) is 0 Å². The average molecular weight is 353 g/mol. The van der Waals surface area contributed by atoms with Crippen LogP contribution in [0.15, 0.2) is 24.3 Å². The molecule has 5 nitrogen and oxygen atoms in total. The molecule has 1 aromatic carbocycles. The lowest BCUT2D eigenvalue weighted by Crippen LogP contribution is -2.32. The van der Waals surface area contributed by atoms with E-state index in [9.17, 15) is 26.7 Å². The summed E-state index contributed by atoms with van der Waals surface area (Å²) in [6.45, 7) is 0.383. The largest absolute Gasteiger partial charge is 0.488 e. The van der Waals surface area contributed by atoms with Gasteiger partial charge in [-0.1, -0.05) is 0 Å². The Bertz CT molecular complexity index is 630. The average Bonchev–Trinajstić information content (AvgIpc) is 2.61. The summed E-state index contributed by atoms with van der Waals surface area (Å²) >= 11 is 0. The lowest BCUT2D eigenvalue weighted by Gasteiger charge is -2.22. The van der Waals surface area contributed by atoms with Crippen molar-refractivity contribution in [2.75, 3.05) is 19.3 Å². The predicted molar refractivity (Wildman–Crippen MR) is 77.5 cm³/mol. The third-order valence-corrected chi connectivity index (χ3v) is 5.01. The van der Waals surface area contributed by atoms with E-state index in [0.29, 0.717) is 0 Å². The van der Waals surface area contributed by atoms with Crippen LogP contribution in [0.1, 0.15) is 18.4 Å². The summed E-state index contributed by atoms with van der Waals surface area (Å²) in [5.74, 6) is 0.204. The molecule has 0 saturated carbocycles. The molecular formula is C14H18F3NO4S. The summed E-state index contributed by atoms with van der Waals surface area (Å²) in [7, 11) is -3.35. The van der Waals surface area contributed by atoms with E-state index < -0.39 is 34.0 Å². The molecule has 9 heteroatoms. The first-order valence-corrected chi connectivity index (χ1v) is 8.89. The van der Waals surface area contributed by atoms with Gasteiger partial charge in [0.2, 0.25) is 10.0 Å². The van der Waals surface area contributed by atoms with Crippen LogP contribution in [0, 0.1) is 0 Å². The third kappa shape index (κ3) is 4.82. The van der Waals surface area contributed by atoms with Crippen LogP contribution in [-0.4, -0.2) is 49.4 Å². The molecule has 2 atom stereocenters. The fourth-order valence-corrected chi connectivity index (χ4v) is 3.28.